The van der Waals surface area contributed by atoms with Gasteiger partial charge < -0.3 is 14.8 Å². The van der Waals surface area contributed by atoms with Gasteiger partial charge in [0.05, 0.1) is 18.8 Å². The van der Waals surface area contributed by atoms with Gasteiger partial charge in [-0.25, -0.2) is 0 Å². The minimum atomic E-state index is -0.169. The summed E-state index contributed by atoms with van der Waals surface area (Å²) in [6.45, 7) is 4.30. The summed E-state index contributed by atoms with van der Waals surface area (Å²) in [6.07, 6.45) is 0.00399. The number of benzene rings is 2. The molecule has 0 saturated heterocycles. The lowest BCUT2D eigenvalue weighted by atomic mass is 10.1. The molecular formula is C18H20BrNO3. The molecule has 1 N–H and O–H groups in total. The number of hydrogen-bond donors (Lipinski definition) is 1. The molecule has 122 valence electrons. The molecule has 23 heavy (non-hydrogen) atoms. The quantitative estimate of drug-likeness (QED) is 0.821. The number of carbonyl (C=O) groups excluding carboxylic acids is 1. The molecule has 0 radical (unpaired) electrons. The van der Waals surface area contributed by atoms with Crippen molar-refractivity contribution < 1.29 is 14.3 Å². The number of carbonyl (C=O) groups is 1. The zero-order valence-corrected chi connectivity index (χ0v) is 15.0. The van der Waals surface area contributed by atoms with Crippen molar-refractivity contribution in [3.8, 4) is 11.5 Å². The van der Waals surface area contributed by atoms with Crippen LogP contribution in [0.5, 0.6) is 11.5 Å². The molecule has 0 unspecified atom stereocenters. The van der Waals surface area contributed by atoms with Crippen LogP contribution in [0.25, 0.3) is 0 Å². The molecule has 0 aliphatic carbocycles. The van der Waals surface area contributed by atoms with Crippen molar-refractivity contribution >= 4 is 21.8 Å². The van der Waals surface area contributed by atoms with Crippen molar-refractivity contribution in [2.75, 3.05) is 7.11 Å². The third kappa shape index (κ3) is 4.99. The average molecular weight is 378 g/mol. The summed E-state index contributed by atoms with van der Waals surface area (Å²) < 4.78 is 11.7. The molecule has 0 aliphatic heterocycles. The van der Waals surface area contributed by atoms with Crippen LogP contribution in [-0.2, 0) is 6.54 Å². The second-order valence-corrected chi connectivity index (χ2v) is 6.25. The van der Waals surface area contributed by atoms with Gasteiger partial charge in [0.15, 0.2) is 0 Å². The molecule has 0 fully saturated rings. The normalized spacial score (nSPS) is 10.5. The van der Waals surface area contributed by atoms with E-state index in [9.17, 15) is 4.79 Å². The number of hydrogen-bond acceptors (Lipinski definition) is 3. The summed E-state index contributed by atoms with van der Waals surface area (Å²) >= 11 is 3.39. The van der Waals surface area contributed by atoms with E-state index in [2.05, 4.69) is 21.2 Å². The minimum absolute atomic E-state index is 0.00399. The molecular weight excluding hydrogens is 358 g/mol. The van der Waals surface area contributed by atoms with Gasteiger partial charge in [-0.05, 0) is 49.7 Å². The molecule has 2 aromatic rings. The molecule has 0 aliphatic rings. The van der Waals surface area contributed by atoms with E-state index in [1.165, 1.54) is 0 Å². The topological polar surface area (TPSA) is 47.6 Å². The zero-order valence-electron chi connectivity index (χ0n) is 13.4. The Morgan fingerprint density at radius 2 is 1.87 bits per heavy atom. The third-order valence-electron chi connectivity index (χ3n) is 3.16. The summed E-state index contributed by atoms with van der Waals surface area (Å²) in [5.74, 6) is 1.20. The monoisotopic (exact) mass is 377 g/mol. The highest BCUT2D eigenvalue weighted by molar-refractivity contribution is 9.10. The Bertz CT molecular complexity index is 668. The van der Waals surface area contributed by atoms with Crippen molar-refractivity contribution in [2.24, 2.45) is 0 Å². The molecule has 0 heterocycles. The van der Waals surface area contributed by atoms with Crippen molar-refractivity contribution in [1.82, 2.24) is 5.32 Å². The molecule has 4 nitrogen and oxygen atoms in total. The predicted octanol–water partition coefficient (Wildman–Crippen LogP) is 4.17. The Morgan fingerprint density at radius 1 is 1.17 bits per heavy atom. The van der Waals surface area contributed by atoms with Crippen LogP contribution in [0.4, 0.5) is 0 Å². The van der Waals surface area contributed by atoms with Crippen LogP contribution in [0.3, 0.4) is 0 Å². The van der Waals surface area contributed by atoms with Gasteiger partial charge in [0.25, 0.3) is 5.91 Å². The van der Waals surface area contributed by atoms with Gasteiger partial charge in [-0.2, -0.15) is 0 Å². The summed E-state index contributed by atoms with van der Waals surface area (Å²) in [7, 11) is 1.63. The van der Waals surface area contributed by atoms with Gasteiger partial charge in [-0.15, -0.1) is 0 Å². The van der Waals surface area contributed by atoms with E-state index in [0.717, 1.165) is 15.8 Å². The highest BCUT2D eigenvalue weighted by Gasteiger charge is 2.14. The summed E-state index contributed by atoms with van der Waals surface area (Å²) in [5.41, 5.74) is 1.52. The average Bonchev–Trinajstić information content (AvgIpc) is 2.54. The number of methoxy groups -OCH3 is 1. The summed E-state index contributed by atoms with van der Waals surface area (Å²) in [4.78, 5) is 12.5. The van der Waals surface area contributed by atoms with Gasteiger partial charge in [-0.3, -0.25) is 4.79 Å². The standard InChI is InChI=1S/C18H20BrNO3/c1-12(2)23-17-9-6-14(19)10-16(17)18(21)20-11-13-4-7-15(22-3)8-5-13/h4-10,12H,11H2,1-3H3,(H,20,21). The molecule has 2 rings (SSSR count). The molecule has 0 aromatic heterocycles. The van der Waals surface area contributed by atoms with Gasteiger partial charge >= 0.3 is 0 Å². The fraction of sp³-hybridized carbons (Fsp3) is 0.278. The van der Waals surface area contributed by atoms with Crippen LogP contribution in [0.15, 0.2) is 46.9 Å². The van der Waals surface area contributed by atoms with E-state index in [4.69, 9.17) is 9.47 Å². The first-order valence-electron chi connectivity index (χ1n) is 7.37. The Balaban J connectivity index is 2.08. The van der Waals surface area contributed by atoms with E-state index in [-0.39, 0.29) is 12.0 Å². The maximum Gasteiger partial charge on any atom is 0.255 e. The molecule has 1 amide bonds. The first-order chi connectivity index (χ1) is 11.0. The smallest absolute Gasteiger partial charge is 0.255 e. The molecule has 0 saturated carbocycles. The maximum absolute atomic E-state index is 12.5. The van der Waals surface area contributed by atoms with Crippen LogP contribution in [0.1, 0.15) is 29.8 Å². The fourth-order valence-corrected chi connectivity index (χ4v) is 2.42. The Hall–Kier alpha value is -2.01. The van der Waals surface area contributed by atoms with Gasteiger partial charge in [0.2, 0.25) is 0 Å². The zero-order chi connectivity index (χ0) is 16.8. The summed E-state index contributed by atoms with van der Waals surface area (Å²) in [5, 5.41) is 2.91. The van der Waals surface area contributed by atoms with E-state index < -0.39 is 0 Å². The molecule has 0 bridgehead atoms. The Morgan fingerprint density at radius 3 is 2.48 bits per heavy atom. The van der Waals surface area contributed by atoms with Gasteiger partial charge in [0.1, 0.15) is 11.5 Å². The second-order valence-electron chi connectivity index (χ2n) is 5.34. The lowest BCUT2D eigenvalue weighted by Crippen LogP contribution is -2.24. The van der Waals surface area contributed by atoms with Crippen molar-refractivity contribution in [3.63, 3.8) is 0 Å². The van der Waals surface area contributed by atoms with Gasteiger partial charge in [0, 0.05) is 11.0 Å². The number of ether oxygens (including phenoxy) is 2. The van der Waals surface area contributed by atoms with Crippen LogP contribution in [0, 0.1) is 0 Å². The maximum atomic E-state index is 12.5. The fourth-order valence-electron chi connectivity index (χ4n) is 2.06. The van der Waals surface area contributed by atoms with E-state index >= 15 is 0 Å². The number of halogens is 1. The van der Waals surface area contributed by atoms with Crippen molar-refractivity contribution in [2.45, 2.75) is 26.5 Å². The van der Waals surface area contributed by atoms with Crippen molar-refractivity contribution in [1.29, 1.82) is 0 Å². The van der Waals surface area contributed by atoms with Crippen LogP contribution >= 0.6 is 15.9 Å². The third-order valence-corrected chi connectivity index (χ3v) is 3.65. The first kappa shape index (κ1) is 17.3. The Kier molecular flexibility index (Phi) is 6.04. The van der Waals surface area contributed by atoms with Crippen molar-refractivity contribution in [3.05, 3.63) is 58.1 Å². The highest BCUT2D eigenvalue weighted by atomic mass is 79.9. The number of rotatable bonds is 6. The minimum Gasteiger partial charge on any atom is -0.497 e. The van der Waals surface area contributed by atoms with E-state index in [1.54, 1.807) is 19.2 Å². The highest BCUT2D eigenvalue weighted by Crippen LogP contribution is 2.24. The lowest BCUT2D eigenvalue weighted by molar-refractivity contribution is 0.0945. The number of amides is 1. The SMILES string of the molecule is COc1ccc(CNC(=O)c2cc(Br)ccc2OC(C)C)cc1. The first-order valence-corrected chi connectivity index (χ1v) is 8.16. The molecule has 2 aromatic carbocycles. The lowest BCUT2D eigenvalue weighted by Gasteiger charge is -2.14. The van der Waals surface area contributed by atoms with Crippen LogP contribution < -0.4 is 14.8 Å². The molecule has 0 spiro atoms. The van der Waals surface area contributed by atoms with Crippen LogP contribution in [-0.4, -0.2) is 19.1 Å². The predicted molar refractivity (Wildman–Crippen MR) is 94.1 cm³/mol. The van der Waals surface area contributed by atoms with E-state index in [0.29, 0.717) is 17.9 Å². The summed E-state index contributed by atoms with van der Waals surface area (Å²) in [6, 6.07) is 13.0. The van der Waals surface area contributed by atoms with Gasteiger partial charge in [-0.1, -0.05) is 28.1 Å². The van der Waals surface area contributed by atoms with Crippen LogP contribution in [0.2, 0.25) is 0 Å². The second kappa shape index (κ2) is 8.02. The number of nitrogens with one attached hydrogen (secondary N) is 1. The molecule has 5 heteroatoms. The van der Waals surface area contributed by atoms with E-state index in [1.807, 2.05) is 44.2 Å². The largest absolute Gasteiger partial charge is 0.497 e. The Labute approximate surface area is 144 Å². The molecule has 0 atom stereocenters.